The number of halogens is 1. The summed E-state index contributed by atoms with van der Waals surface area (Å²) in [6.07, 6.45) is 1.40. The molecule has 1 saturated heterocycles. The number of amides is 1. The number of piperazine rings is 1. The molecule has 146 valence electrons. The fourth-order valence-electron chi connectivity index (χ4n) is 2.87. The molecule has 2 N–H and O–H groups in total. The number of nitrogens with one attached hydrogen (secondary N) is 1. The number of nitriles is 1. The second kappa shape index (κ2) is 10.4. The van der Waals surface area contributed by atoms with Crippen molar-refractivity contribution in [2.45, 2.75) is 20.3 Å². The van der Waals surface area contributed by atoms with Gasteiger partial charge in [0.05, 0.1) is 6.42 Å². The lowest BCUT2D eigenvalue weighted by Gasteiger charge is -2.36. The van der Waals surface area contributed by atoms with E-state index in [-0.39, 0.29) is 30.9 Å². The normalized spacial score (nSPS) is 14.2. The number of nitrogens with zero attached hydrogens (tertiary/aromatic N) is 3. The van der Waals surface area contributed by atoms with Gasteiger partial charge in [-0.1, -0.05) is 12.1 Å². The summed E-state index contributed by atoms with van der Waals surface area (Å²) in [6, 6.07) is 8.16. The minimum absolute atomic E-state index is 0. The van der Waals surface area contributed by atoms with E-state index in [1.165, 1.54) is 16.8 Å². The van der Waals surface area contributed by atoms with Crippen LogP contribution < -0.4 is 10.2 Å². The van der Waals surface area contributed by atoms with Gasteiger partial charge in [0.2, 0.25) is 0 Å². The summed E-state index contributed by atoms with van der Waals surface area (Å²) < 4.78 is 0. The molecule has 1 aliphatic rings. The van der Waals surface area contributed by atoms with E-state index in [4.69, 9.17) is 5.11 Å². The number of benzene rings is 1. The molecule has 2 rings (SSSR count). The molecule has 1 amide bonds. The van der Waals surface area contributed by atoms with E-state index in [0.29, 0.717) is 13.1 Å². The summed E-state index contributed by atoms with van der Waals surface area (Å²) in [5, 5.41) is 20.3. The van der Waals surface area contributed by atoms with E-state index in [1.807, 2.05) is 11.0 Å². The highest BCUT2D eigenvalue weighted by molar-refractivity contribution is 5.97. The first-order chi connectivity index (χ1) is 12.4. The van der Waals surface area contributed by atoms with Gasteiger partial charge in [-0.25, -0.2) is 0 Å². The van der Waals surface area contributed by atoms with Crippen LogP contribution in [0.2, 0.25) is 0 Å². The number of aryl methyl sites for hydroxylation is 1. The zero-order valence-electron chi connectivity index (χ0n) is 15.6. The van der Waals surface area contributed by atoms with E-state index >= 15 is 0 Å². The first kappa shape index (κ1) is 22.3. The number of hydrogen-bond donors (Lipinski definition) is 2. The molecular formula is C19H25ClN4O3. The maximum absolute atomic E-state index is 12.0. The van der Waals surface area contributed by atoms with E-state index in [0.717, 1.165) is 13.1 Å². The Bertz CT molecular complexity index is 750. The predicted octanol–water partition coefficient (Wildman–Crippen LogP) is 1.85. The first-order valence-electron chi connectivity index (χ1n) is 8.59. The topological polar surface area (TPSA) is 96.7 Å². The minimum Gasteiger partial charge on any atom is -0.481 e. The maximum atomic E-state index is 12.0. The van der Waals surface area contributed by atoms with Gasteiger partial charge in [-0.15, -0.1) is 12.4 Å². The lowest BCUT2D eigenvalue weighted by Crippen LogP contribution is -2.44. The molecule has 0 atom stereocenters. The van der Waals surface area contributed by atoms with Crippen LogP contribution in [0.25, 0.3) is 0 Å². The Morgan fingerprint density at radius 2 is 1.93 bits per heavy atom. The SMILES string of the molecule is Cc1cccc(N2CCN(/C=C(/C#N)C(=O)NCCC(=O)O)CC2)c1C.Cl. The third-order valence-electron chi connectivity index (χ3n) is 4.53. The molecule has 0 spiro atoms. The number of aliphatic carboxylic acids is 1. The van der Waals surface area contributed by atoms with E-state index in [9.17, 15) is 14.9 Å². The molecule has 0 aliphatic carbocycles. The van der Waals surface area contributed by atoms with Crippen LogP contribution in [0.15, 0.2) is 30.0 Å². The zero-order chi connectivity index (χ0) is 19.1. The second-order valence-electron chi connectivity index (χ2n) is 6.30. The highest BCUT2D eigenvalue weighted by Crippen LogP contribution is 2.24. The largest absolute Gasteiger partial charge is 0.481 e. The minimum atomic E-state index is -0.990. The standard InChI is InChI=1S/C19H24N4O3.ClH/c1-14-4-3-5-17(15(14)2)23-10-8-22(9-11-23)13-16(12-20)19(26)21-7-6-18(24)25;/h3-5,13H,6-11H2,1-2H3,(H,21,26)(H,24,25);1H/b16-13-;. The summed E-state index contributed by atoms with van der Waals surface area (Å²) in [7, 11) is 0. The molecule has 1 aliphatic heterocycles. The number of anilines is 1. The van der Waals surface area contributed by atoms with Crippen molar-refractivity contribution in [3.63, 3.8) is 0 Å². The van der Waals surface area contributed by atoms with Crippen molar-refractivity contribution in [1.82, 2.24) is 10.2 Å². The summed E-state index contributed by atoms with van der Waals surface area (Å²) in [5.74, 6) is -1.53. The molecule has 1 heterocycles. The molecule has 1 fully saturated rings. The average Bonchev–Trinajstić information content (AvgIpc) is 2.62. The molecule has 27 heavy (non-hydrogen) atoms. The van der Waals surface area contributed by atoms with Gasteiger partial charge in [0, 0.05) is 44.6 Å². The molecule has 0 unspecified atom stereocenters. The summed E-state index contributed by atoms with van der Waals surface area (Å²) in [5.41, 5.74) is 3.75. The number of carboxylic acids is 1. The van der Waals surface area contributed by atoms with Crippen molar-refractivity contribution in [2.24, 2.45) is 0 Å². The number of carboxylic acid groups (broad SMARTS) is 1. The molecule has 8 heteroatoms. The molecule has 1 aromatic rings. The van der Waals surface area contributed by atoms with Gasteiger partial charge in [-0.3, -0.25) is 9.59 Å². The molecule has 0 aromatic heterocycles. The van der Waals surface area contributed by atoms with Crippen LogP contribution >= 0.6 is 12.4 Å². The van der Waals surface area contributed by atoms with E-state index in [1.54, 1.807) is 6.20 Å². The number of rotatable bonds is 6. The van der Waals surface area contributed by atoms with Crippen molar-refractivity contribution in [3.8, 4) is 6.07 Å². The maximum Gasteiger partial charge on any atom is 0.305 e. The lowest BCUT2D eigenvalue weighted by atomic mass is 10.1. The van der Waals surface area contributed by atoms with Gasteiger partial charge in [0.15, 0.2) is 0 Å². The summed E-state index contributed by atoms with van der Waals surface area (Å²) in [6.45, 7) is 7.25. The van der Waals surface area contributed by atoms with Crippen LogP contribution in [0.1, 0.15) is 17.5 Å². The van der Waals surface area contributed by atoms with Gasteiger partial charge in [-0.05, 0) is 31.0 Å². The fourth-order valence-corrected chi connectivity index (χ4v) is 2.87. The zero-order valence-corrected chi connectivity index (χ0v) is 16.4. The molecule has 0 bridgehead atoms. The van der Waals surface area contributed by atoms with Crippen molar-refractivity contribution >= 4 is 30.0 Å². The first-order valence-corrected chi connectivity index (χ1v) is 8.59. The Kier molecular flexibility index (Phi) is 8.63. The Hall–Kier alpha value is -2.72. The van der Waals surface area contributed by atoms with Gasteiger partial charge >= 0.3 is 5.97 Å². The van der Waals surface area contributed by atoms with Crippen molar-refractivity contribution in [3.05, 3.63) is 41.1 Å². The van der Waals surface area contributed by atoms with Crippen molar-refractivity contribution in [2.75, 3.05) is 37.6 Å². The van der Waals surface area contributed by atoms with Crippen molar-refractivity contribution in [1.29, 1.82) is 5.26 Å². The van der Waals surface area contributed by atoms with Crippen LogP contribution in [0.4, 0.5) is 5.69 Å². The second-order valence-corrected chi connectivity index (χ2v) is 6.30. The quantitative estimate of drug-likeness (QED) is 0.566. The van der Waals surface area contributed by atoms with Crippen LogP contribution in [0, 0.1) is 25.2 Å². The number of carbonyl (C=O) groups is 2. The molecule has 7 nitrogen and oxygen atoms in total. The number of hydrogen-bond acceptors (Lipinski definition) is 5. The Balaban J connectivity index is 0.00000364. The number of carbonyl (C=O) groups excluding carboxylic acids is 1. The van der Waals surface area contributed by atoms with E-state index < -0.39 is 11.9 Å². The Morgan fingerprint density at radius 1 is 1.26 bits per heavy atom. The summed E-state index contributed by atoms with van der Waals surface area (Å²) in [4.78, 5) is 26.7. The third-order valence-corrected chi connectivity index (χ3v) is 4.53. The Morgan fingerprint density at radius 3 is 2.52 bits per heavy atom. The van der Waals surface area contributed by atoms with Crippen LogP contribution in [0.5, 0.6) is 0 Å². The Labute approximate surface area is 165 Å². The highest BCUT2D eigenvalue weighted by atomic mass is 35.5. The van der Waals surface area contributed by atoms with Crippen LogP contribution in [0.3, 0.4) is 0 Å². The van der Waals surface area contributed by atoms with Gasteiger partial charge in [0.25, 0.3) is 5.91 Å². The molecule has 0 saturated carbocycles. The van der Waals surface area contributed by atoms with Crippen LogP contribution in [-0.4, -0.2) is 54.6 Å². The van der Waals surface area contributed by atoms with Gasteiger partial charge in [-0.2, -0.15) is 5.26 Å². The predicted molar refractivity (Wildman–Crippen MR) is 106 cm³/mol. The lowest BCUT2D eigenvalue weighted by molar-refractivity contribution is -0.136. The average molecular weight is 393 g/mol. The van der Waals surface area contributed by atoms with E-state index in [2.05, 4.69) is 42.3 Å². The third kappa shape index (κ3) is 6.19. The summed E-state index contributed by atoms with van der Waals surface area (Å²) >= 11 is 0. The monoisotopic (exact) mass is 392 g/mol. The van der Waals surface area contributed by atoms with Crippen molar-refractivity contribution < 1.29 is 14.7 Å². The van der Waals surface area contributed by atoms with Gasteiger partial charge in [0.1, 0.15) is 11.6 Å². The molecule has 1 aromatic carbocycles. The highest BCUT2D eigenvalue weighted by Gasteiger charge is 2.19. The van der Waals surface area contributed by atoms with Gasteiger partial charge < -0.3 is 20.2 Å². The fraction of sp³-hybridized carbons (Fsp3) is 0.421. The van der Waals surface area contributed by atoms with Crippen LogP contribution in [-0.2, 0) is 9.59 Å². The molecular weight excluding hydrogens is 368 g/mol. The smallest absolute Gasteiger partial charge is 0.305 e. The molecule has 0 radical (unpaired) electrons.